The van der Waals surface area contributed by atoms with Gasteiger partial charge in [0.25, 0.3) is 5.91 Å². The number of carbonyl (C=O) groups is 2. The molecule has 0 unspecified atom stereocenters. The van der Waals surface area contributed by atoms with E-state index in [0.29, 0.717) is 26.4 Å². The molecule has 0 aliphatic carbocycles. The smallest absolute Gasteiger partial charge is 0.341 e. The Kier molecular flexibility index (Phi) is 6.92. The maximum atomic E-state index is 12.3. The number of aryl methyl sites for hydroxylation is 1. The summed E-state index contributed by atoms with van der Waals surface area (Å²) in [6, 6.07) is 4.73. The molecule has 0 saturated heterocycles. The Bertz CT molecular complexity index is 833. The third-order valence-corrected chi connectivity index (χ3v) is 5.09. The number of esters is 1. The molecule has 2 rings (SSSR count). The summed E-state index contributed by atoms with van der Waals surface area (Å²) in [4.78, 5) is 25.5. The second kappa shape index (κ2) is 8.75. The average Bonchev–Trinajstić information content (AvgIpc) is 2.80. The van der Waals surface area contributed by atoms with Gasteiger partial charge in [0, 0.05) is 9.90 Å². The van der Waals surface area contributed by atoms with Crippen LogP contribution in [0.2, 0.25) is 10.0 Å². The lowest BCUT2D eigenvalue weighted by Crippen LogP contribution is -2.21. The zero-order chi connectivity index (χ0) is 19.4. The van der Waals surface area contributed by atoms with Gasteiger partial charge in [0.2, 0.25) is 0 Å². The first-order valence-electron chi connectivity index (χ1n) is 7.87. The number of anilines is 1. The van der Waals surface area contributed by atoms with E-state index >= 15 is 0 Å². The van der Waals surface area contributed by atoms with Crippen LogP contribution in [-0.4, -0.2) is 24.6 Å². The lowest BCUT2D eigenvalue weighted by atomic mass is 10.1. The monoisotopic (exact) mass is 415 g/mol. The number of nitrogens with one attached hydrogen (secondary N) is 1. The lowest BCUT2D eigenvalue weighted by molar-refractivity contribution is -0.118. The molecule has 0 saturated carbocycles. The van der Waals surface area contributed by atoms with Gasteiger partial charge in [-0.15, -0.1) is 11.3 Å². The summed E-state index contributed by atoms with van der Waals surface area (Å²) in [6.45, 7) is 6.99. The van der Waals surface area contributed by atoms with Crippen molar-refractivity contribution in [3.63, 3.8) is 0 Å². The SMILES string of the molecule is Cc1sc(NC(=O)COc2ccc(Cl)cc2Cl)c(C(=O)OC(C)C)c1C. The molecule has 0 spiro atoms. The molecule has 1 aromatic heterocycles. The summed E-state index contributed by atoms with van der Waals surface area (Å²) in [5, 5.41) is 3.95. The van der Waals surface area contributed by atoms with Gasteiger partial charge in [0.1, 0.15) is 10.8 Å². The van der Waals surface area contributed by atoms with Crippen molar-refractivity contribution < 1.29 is 19.1 Å². The number of rotatable bonds is 6. The number of hydrogen-bond donors (Lipinski definition) is 1. The van der Waals surface area contributed by atoms with Crippen molar-refractivity contribution in [2.75, 3.05) is 11.9 Å². The van der Waals surface area contributed by atoms with E-state index in [1.807, 2.05) is 13.8 Å². The van der Waals surface area contributed by atoms with Crippen LogP contribution in [0.4, 0.5) is 5.00 Å². The Morgan fingerprint density at radius 3 is 2.54 bits per heavy atom. The Hall–Kier alpha value is -1.76. The quantitative estimate of drug-likeness (QED) is 0.653. The first-order chi connectivity index (χ1) is 12.2. The van der Waals surface area contributed by atoms with Crippen molar-refractivity contribution in [3.05, 3.63) is 44.2 Å². The molecule has 1 amide bonds. The normalized spacial score (nSPS) is 10.7. The molecule has 1 N–H and O–H groups in total. The van der Waals surface area contributed by atoms with Gasteiger partial charge in [0.05, 0.1) is 16.7 Å². The van der Waals surface area contributed by atoms with Crippen molar-refractivity contribution in [2.24, 2.45) is 0 Å². The van der Waals surface area contributed by atoms with Gasteiger partial charge in [-0.1, -0.05) is 23.2 Å². The molecule has 2 aromatic rings. The number of amides is 1. The zero-order valence-corrected chi connectivity index (χ0v) is 17.1. The van der Waals surface area contributed by atoms with Gasteiger partial charge in [0.15, 0.2) is 6.61 Å². The number of ether oxygens (including phenoxy) is 2. The van der Waals surface area contributed by atoms with E-state index in [1.54, 1.807) is 26.0 Å². The molecule has 0 aliphatic rings. The highest BCUT2D eigenvalue weighted by Crippen LogP contribution is 2.33. The minimum atomic E-state index is -0.459. The van der Waals surface area contributed by atoms with Crippen LogP contribution in [0.5, 0.6) is 5.75 Å². The molecule has 0 fully saturated rings. The van der Waals surface area contributed by atoms with Crippen molar-refractivity contribution in [1.29, 1.82) is 0 Å². The van der Waals surface area contributed by atoms with E-state index < -0.39 is 11.9 Å². The molecule has 26 heavy (non-hydrogen) atoms. The lowest BCUT2D eigenvalue weighted by Gasteiger charge is -2.11. The van der Waals surface area contributed by atoms with Crippen LogP contribution in [0.3, 0.4) is 0 Å². The molecule has 1 aromatic carbocycles. The van der Waals surface area contributed by atoms with Gasteiger partial charge >= 0.3 is 5.97 Å². The van der Waals surface area contributed by atoms with Crippen LogP contribution < -0.4 is 10.1 Å². The van der Waals surface area contributed by atoms with Crippen molar-refractivity contribution in [3.8, 4) is 5.75 Å². The minimum absolute atomic E-state index is 0.249. The van der Waals surface area contributed by atoms with Gasteiger partial charge in [-0.2, -0.15) is 0 Å². The Balaban J connectivity index is 2.09. The predicted molar refractivity (Wildman–Crippen MR) is 105 cm³/mol. The first-order valence-corrected chi connectivity index (χ1v) is 9.45. The van der Waals surface area contributed by atoms with Crippen molar-refractivity contribution >= 4 is 51.4 Å². The second-order valence-electron chi connectivity index (χ2n) is 5.85. The van der Waals surface area contributed by atoms with Crippen molar-refractivity contribution in [2.45, 2.75) is 33.8 Å². The van der Waals surface area contributed by atoms with Crippen LogP contribution in [0.1, 0.15) is 34.6 Å². The largest absolute Gasteiger partial charge is 0.482 e. The average molecular weight is 416 g/mol. The first kappa shape index (κ1) is 20.6. The van der Waals surface area contributed by atoms with Crippen LogP contribution >= 0.6 is 34.5 Å². The fourth-order valence-electron chi connectivity index (χ4n) is 2.13. The maximum Gasteiger partial charge on any atom is 0.341 e. The van der Waals surface area contributed by atoms with Crippen LogP contribution in [0, 0.1) is 13.8 Å². The van der Waals surface area contributed by atoms with Gasteiger partial charge < -0.3 is 14.8 Å². The summed E-state index contributed by atoms with van der Waals surface area (Å²) in [6.07, 6.45) is -0.249. The fourth-order valence-corrected chi connectivity index (χ4v) is 3.66. The summed E-state index contributed by atoms with van der Waals surface area (Å²) < 4.78 is 10.7. The molecule has 1 heterocycles. The molecule has 5 nitrogen and oxygen atoms in total. The van der Waals surface area contributed by atoms with E-state index in [0.717, 1.165) is 10.4 Å². The molecule has 0 bridgehead atoms. The van der Waals surface area contributed by atoms with E-state index in [1.165, 1.54) is 17.4 Å². The highest BCUT2D eigenvalue weighted by atomic mass is 35.5. The zero-order valence-electron chi connectivity index (χ0n) is 14.8. The molecule has 8 heteroatoms. The number of benzene rings is 1. The fraction of sp³-hybridized carbons (Fsp3) is 0.333. The van der Waals surface area contributed by atoms with E-state index in [9.17, 15) is 9.59 Å². The van der Waals surface area contributed by atoms with Gasteiger partial charge in [-0.25, -0.2) is 4.79 Å². The van der Waals surface area contributed by atoms with Gasteiger partial charge in [-0.05, 0) is 51.5 Å². The third kappa shape index (κ3) is 5.13. The topological polar surface area (TPSA) is 64.6 Å². The molecular formula is C18H19Cl2NO4S. The molecule has 0 radical (unpaired) electrons. The van der Waals surface area contributed by atoms with E-state index in [-0.39, 0.29) is 12.7 Å². The molecule has 0 atom stereocenters. The summed E-state index contributed by atoms with van der Waals surface area (Å²) in [5.74, 6) is -0.515. The molecule has 0 aliphatic heterocycles. The second-order valence-corrected chi connectivity index (χ2v) is 7.92. The van der Waals surface area contributed by atoms with Crippen LogP contribution in [-0.2, 0) is 9.53 Å². The summed E-state index contributed by atoms with van der Waals surface area (Å²) in [5.41, 5.74) is 1.16. The maximum absolute atomic E-state index is 12.3. The Morgan fingerprint density at radius 2 is 1.92 bits per heavy atom. The minimum Gasteiger partial charge on any atom is -0.482 e. The van der Waals surface area contributed by atoms with Crippen molar-refractivity contribution in [1.82, 2.24) is 0 Å². The number of thiophene rings is 1. The standard InChI is InChI=1S/C18H19Cl2NO4S/c1-9(2)25-18(23)16-10(3)11(4)26-17(16)21-15(22)8-24-14-6-5-12(19)7-13(14)20/h5-7,9H,8H2,1-4H3,(H,21,22). The highest BCUT2D eigenvalue weighted by Gasteiger charge is 2.23. The summed E-state index contributed by atoms with van der Waals surface area (Å²) >= 11 is 13.2. The van der Waals surface area contributed by atoms with Crippen LogP contribution in [0.15, 0.2) is 18.2 Å². The molecular weight excluding hydrogens is 397 g/mol. The van der Waals surface area contributed by atoms with E-state index in [4.69, 9.17) is 32.7 Å². The van der Waals surface area contributed by atoms with Crippen LogP contribution in [0.25, 0.3) is 0 Å². The number of hydrogen-bond acceptors (Lipinski definition) is 5. The molecule has 140 valence electrons. The highest BCUT2D eigenvalue weighted by molar-refractivity contribution is 7.16. The Labute approximate surface area is 166 Å². The predicted octanol–water partition coefficient (Wildman–Crippen LogP) is 5.25. The number of carbonyl (C=O) groups excluding carboxylic acids is 2. The Morgan fingerprint density at radius 1 is 1.23 bits per heavy atom. The number of halogens is 2. The van der Waals surface area contributed by atoms with E-state index in [2.05, 4.69) is 5.32 Å². The summed E-state index contributed by atoms with van der Waals surface area (Å²) in [7, 11) is 0. The van der Waals surface area contributed by atoms with Gasteiger partial charge in [-0.3, -0.25) is 4.79 Å². The third-order valence-electron chi connectivity index (χ3n) is 3.44.